The minimum atomic E-state index is -0.526. The zero-order valence-electron chi connectivity index (χ0n) is 12.7. The highest BCUT2D eigenvalue weighted by atomic mass is 19.1. The molecule has 2 aromatic carbocycles. The molecule has 0 atom stereocenters. The van der Waals surface area contributed by atoms with E-state index in [1.54, 1.807) is 30.3 Å². The Morgan fingerprint density at radius 2 is 1.78 bits per heavy atom. The molecule has 0 saturated heterocycles. The number of nitriles is 1. The highest BCUT2D eigenvalue weighted by molar-refractivity contribution is 5.60. The second-order valence-electron chi connectivity index (χ2n) is 4.97. The van der Waals surface area contributed by atoms with Gasteiger partial charge in [-0.15, -0.1) is 0 Å². The van der Waals surface area contributed by atoms with E-state index in [0.717, 1.165) is 12.5 Å². The van der Waals surface area contributed by atoms with Gasteiger partial charge in [0, 0.05) is 11.1 Å². The lowest BCUT2D eigenvalue weighted by atomic mass is 10.1. The third kappa shape index (κ3) is 4.53. The summed E-state index contributed by atoms with van der Waals surface area (Å²) in [5.41, 5.74) is 1.66. The van der Waals surface area contributed by atoms with Gasteiger partial charge in [-0.3, -0.25) is 0 Å². The molecule has 23 heavy (non-hydrogen) atoms. The molecule has 0 unspecified atom stereocenters. The summed E-state index contributed by atoms with van der Waals surface area (Å²) in [6, 6.07) is 12.7. The van der Waals surface area contributed by atoms with Gasteiger partial charge >= 0.3 is 0 Å². The second kappa shape index (κ2) is 7.92. The lowest BCUT2D eigenvalue weighted by Gasteiger charge is -1.98. The van der Waals surface area contributed by atoms with Gasteiger partial charge in [0.05, 0.1) is 17.2 Å². The van der Waals surface area contributed by atoms with Crippen molar-refractivity contribution in [2.75, 3.05) is 0 Å². The summed E-state index contributed by atoms with van der Waals surface area (Å²) in [5, 5.41) is 8.70. The molecule has 0 radical (unpaired) electrons. The van der Waals surface area contributed by atoms with Crippen molar-refractivity contribution >= 4 is 5.83 Å². The van der Waals surface area contributed by atoms with Crippen LogP contribution in [0.25, 0.3) is 5.83 Å². The van der Waals surface area contributed by atoms with Crippen molar-refractivity contribution in [1.82, 2.24) is 0 Å². The quantitative estimate of drug-likeness (QED) is 0.714. The molecule has 0 aliphatic rings. The summed E-state index contributed by atoms with van der Waals surface area (Å²) in [5.74, 6) is 4.78. The van der Waals surface area contributed by atoms with Gasteiger partial charge in [0.2, 0.25) is 0 Å². The maximum absolute atomic E-state index is 13.8. The van der Waals surface area contributed by atoms with Gasteiger partial charge in [-0.05, 0) is 42.8 Å². The maximum Gasteiger partial charge on any atom is 0.140 e. The Kier molecular flexibility index (Phi) is 5.67. The standard InChI is InChI=1S/C20H15F2N/c1-2-3-4-19(21)17-9-5-15(6-10-17)7-11-18-12-8-16(14-23)13-20(18)22/h4-6,8-10,12-13H,2-3H2,1H3/b19-4+. The van der Waals surface area contributed by atoms with E-state index in [1.807, 2.05) is 13.0 Å². The molecule has 0 aromatic heterocycles. The molecular weight excluding hydrogens is 292 g/mol. The van der Waals surface area contributed by atoms with Gasteiger partial charge in [0.25, 0.3) is 0 Å². The Hall–Kier alpha value is -2.91. The lowest BCUT2D eigenvalue weighted by Crippen LogP contribution is -1.86. The van der Waals surface area contributed by atoms with Crippen LogP contribution in [0.4, 0.5) is 8.78 Å². The van der Waals surface area contributed by atoms with Crippen LogP contribution in [0.5, 0.6) is 0 Å². The Morgan fingerprint density at radius 1 is 1.09 bits per heavy atom. The zero-order valence-corrected chi connectivity index (χ0v) is 12.7. The highest BCUT2D eigenvalue weighted by Gasteiger charge is 2.01. The summed E-state index contributed by atoms with van der Waals surface area (Å²) >= 11 is 0. The first-order valence-electron chi connectivity index (χ1n) is 7.32. The molecule has 1 nitrogen and oxygen atoms in total. The summed E-state index contributed by atoms with van der Waals surface area (Å²) in [4.78, 5) is 0. The molecule has 0 heterocycles. The molecule has 2 rings (SSSR count). The van der Waals surface area contributed by atoms with Crippen LogP contribution in [0.2, 0.25) is 0 Å². The Bertz CT molecular complexity index is 815. The lowest BCUT2D eigenvalue weighted by molar-refractivity contribution is 0.624. The minimum Gasteiger partial charge on any atom is -0.207 e. The topological polar surface area (TPSA) is 23.8 Å². The van der Waals surface area contributed by atoms with Gasteiger partial charge in [-0.1, -0.05) is 37.3 Å². The molecule has 0 N–H and O–H groups in total. The van der Waals surface area contributed by atoms with Crippen molar-refractivity contribution in [2.45, 2.75) is 19.8 Å². The van der Waals surface area contributed by atoms with Crippen molar-refractivity contribution in [3.05, 3.63) is 76.6 Å². The maximum atomic E-state index is 13.8. The number of nitrogens with zero attached hydrogens (tertiary/aromatic N) is 1. The van der Waals surface area contributed by atoms with Crippen LogP contribution < -0.4 is 0 Å². The summed E-state index contributed by atoms with van der Waals surface area (Å²) in [6.45, 7) is 1.99. The van der Waals surface area contributed by atoms with Gasteiger partial charge in [0.15, 0.2) is 0 Å². The van der Waals surface area contributed by atoms with E-state index in [4.69, 9.17) is 5.26 Å². The zero-order chi connectivity index (χ0) is 16.7. The molecule has 0 bridgehead atoms. The monoisotopic (exact) mass is 307 g/mol. The molecule has 0 aliphatic carbocycles. The first kappa shape index (κ1) is 16.5. The van der Waals surface area contributed by atoms with E-state index in [0.29, 0.717) is 17.5 Å². The van der Waals surface area contributed by atoms with Gasteiger partial charge in [-0.2, -0.15) is 5.26 Å². The summed E-state index contributed by atoms with van der Waals surface area (Å²) < 4.78 is 27.5. The van der Waals surface area contributed by atoms with Crippen molar-refractivity contribution < 1.29 is 8.78 Å². The average molecular weight is 307 g/mol. The number of allylic oxidation sites excluding steroid dienone is 1. The fourth-order valence-corrected chi connectivity index (χ4v) is 1.93. The smallest absolute Gasteiger partial charge is 0.140 e. The number of halogens is 2. The average Bonchev–Trinajstić information content (AvgIpc) is 2.59. The number of benzene rings is 2. The molecule has 0 spiro atoms. The molecule has 0 fully saturated rings. The highest BCUT2D eigenvalue weighted by Crippen LogP contribution is 2.17. The van der Waals surface area contributed by atoms with E-state index < -0.39 is 5.82 Å². The van der Waals surface area contributed by atoms with Crippen molar-refractivity contribution in [3.8, 4) is 17.9 Å². The Labute approximate surface area is 134 Å². The number of hydrogen-bond donors (Lipinski definition) is 0. The van der Waals surface area contributed by atoms with Crippen molar-refractivity contribution in [1.29, 1.82) is 5.26 Å². The predicted octanol–water partition coefficient (Wildman–Crippen LogP) is 5.21. The van der Waals surface area contributed by atoms with Crippen LogP contribution in [0, 0.1) is 29.0 Å². The number of rotatable bonds is 3. The Balaban J connectivity index is 2.18. The van der Waals surface area contributed by atoms with Gasteiger partial charge < -0.3 is 0 Å². The van der Waals surface area contributed by atoms with E-state index in [9.17, 15) is 8.78 Å². The van der Waals surface area contributed by atoms with Crippen LogP contribution in [0.15, 0.2) is 48.5 Å². The SMILES string of the molecule is CCC/C=C(/F)c1ccc(C#Cc2ccc(C#N)cc2F)cc1. The molecule has 3 heteroatoms. The molecule has 2 aromatic rings. The van der Waals surface area contributed by atoms with Gasteiger partial charge in [0.1, 0.15) is 11.6 Å². The second-order valence-corrected chi connectivity index (χ2v) is 4.97. The normalized spacial score (nSPS) is 10.6. The summed E-state index contributed by atoms with van der Waals surface area (Å²) in [6.07, 6.45) is 3.16. The fraction of sp³-hybridized carbons (Fsp3) is 0.150. The summed E-state index contributed by atoms with van der Waals surface area (Å²) in [7, 11) is 0. The molecule has 0 saturated carbocycles. The molecular formula is C20H15F2N. The fourth-order valence-electron chi connectivity index (χ4n) is 1.93. The van der Waals surface area contributed by atoms with E-state index >= 15 is 0 Å². The van der Waals surface area contributed by atoms with E-state index in [2.05, 4.69) is 11.8 Å². The van der Waals surface area contributed by atoms with Crippen molar-refractivity contribution in [2.24, 2.45) is 0 Å². The largest absolute Gasteiger partial charge is 0.207 e. The number of unbranched alkanes of at least 4 members (excludes halogenated alkanes) is 1. The predicted molar refractivity (Wildman–Crippen MR) is 87.5 cm³/mol. The van der Waals surface area contributed by atoms with Crippen LogP contribution in [-0.2, 0) is 0 Å². The third-order valence-electron chi connectivity index (χ3n) is 3.21. The third-order valence-corrected chi connectivity index (χ3v) is 3.21. The van der Waals surface area contributed by atoms with Crippen LogP contribution in [0.3, 0.4) is 0 Å². The minimum absolute atomic E-state index is 0.224. The first-order chi connectivity index (χ1) is 11.1. The molecule has 114 valence electrons. The van der Waals surface area contributed by atoms with Crippen LogP contribution in [0.1, 0.15) is 42.0 Å². The van der Waals surface area contributed by atoms with Crippen LogP contribution in [-0.4, -0.2) is 0 Å². The molecule has 0 amide bonds. The number of hydrogen-bond acceptors (Lipinski definition) is 1. The molecule has 0 aliphatic heterocycles. The van der Waals surface area contributed by atoms with Crippen LogP contribution >= 0.6 is 0 Å². The first-order valence-corrected chi connectivity index (χ1v) is 7.32. The van der Waals surface area contributed by atoms with E-state index in [1.165, 1.54) is 12.1 Å². The van der Waals surface area contributed by atoms with Crippen molar-refractivity contribution in [3.63, 3.8) is 0 Å². The van der Waals surface area contributed by atoms with E-state index in [-0.39, 0.29) is 17.0 Å². The Morgan fingerprint density at radius 3 is 2.39 bits per heavy atom. The van der Waals surface area contributed by atoms with Gasteiger partial charge in [-0.25, -0.2) is 8.78 Å².